The topological polar surface area (TPSA) is 65.4 Å². The molecule has 1 heterocycles. The Morgan fingerprint density at radius 1 is 1.03 bits per heavy atom. The van der Waals surface area contributed by atoms with E-state index in [1.54, 1.807) is 7.11 Å². The van der Waals surface area contributed by atoms with Gasteiger partial charge in [0, 0.05) is 11.6 Å². The van der Waals surface area contributed by atoms with Crippen molar-refractivity contribution in [3.63, 3.8) is 0 Å². The van der Waals surface area contributed by atoms with Gasteiger partial charge in [-0.05, 0) is 50.2 Å². The molecule has 1 amide bonds. The summed E-state index contributed by atoms with van der Waals surface area (Å²) in [4.78, 5) is 17.6. The first-order valence-electron chi connectivity index (χ1n) is 10.6. The Morgan fingerprint density at radius 3 is 2.62 bits per heavy atom. The third kappa shape index (κ3) is 4.75. The van der Waals surface area contributed by atoms with Crippen LogP contribution in [-0.4, -0.2) is 29.2 Å². The van der Waals surface area contributed by atoms with E-state index in [9.17, 15) is 4.79 Å². The van der Waals surface area contributed by atoms with Gasteiger partial charge in [-0.25, -0.2) is 4.98 Å². The van der Waals surface area contributed by atoms with Crippen molar-refractivity contribution >= 4 is 16.9 Å². The van der Waals surface area contributed by atoms with E-state index in [4.69, 9.17) is 14.5 Å². The average molecular weight is 430 g/mol. The Bertz CT molecular complexity index is 1230. The van der Waals surface area contributed by atoms with E-state index in [0.717, 1.165) is 33.9 Å². The molecule has 0 saturated carbocycles. The number of aromatic nitrogens is 2. The number of benzene rings is 3. The second kappa shape index (κ2) is 9.56. The van der Waals surface area contributed by atoms with Crippen LogP contribution in [-0.2, 0) is 6.54 Å². The number of nitrogens with one attached hydrogen (secondary N) is 1. The lowest BCUT2D eigenvalue weighted by Gasteiger charge is -2.17. The Kier molecular flexibility index (Phi) is 6.40. The van der Waals surface area contributed by atoms with Crippen molar-refractivity contribution in [2.75, 3.05) is 13.7 Å². The number of para-hydroxylation sites is 2. The Hall–Kier alpha value is -3.80. The number of rotatable bonds is 8. The first kappa shape index (κ1) is 21.4. The largest absolute Gasteiger partial charge is 0.497 e. The molecule has 0 bridgehead atoms. The number of imidazole rings is 1. The third-order valence-corrected chi connectivity index (χ3v) is 5.32. The number of amides is 1. The van der Waals surface area contributed by atoms with E-state index in [1.807, 2.05) is 86.6 Å². The van der Waals surface area contributed by atoms with Crippen LogP contribution in [0.3, 0.4) is 0 Å². The summed E-state index contributed by atoms with van der Waals surface area (Å²) in [5.74, 6) is 2.17. The van der Waals surface area contributed by atoms with Crippen LogP contribution in [0.1, 0.15) is 34.7 Å². The molecular formula is C26H27N3O3. The van der Waals surface area contributed by atoms with E-state index < -0.39 is 0 Å². The molecule has 0 aliphatic heterocycles. The van der Waals surface area contributed by atoms with E-state index in [-0.39, 0.29) is 11.9 Å². The second-order valence-electron chi connectivity index (χ2n) is 7.70. The summed E-state index contributed by atoms with van der Waals surface area (Å²) in [5, 5.41) is 3.08. The predicted octanol–water partition coefficient (Wildman–Crippen LogP) is 4.92. The average Bonchev–Trinajstić information content (AvgIpc) is 3.18. The molecule has 1 atom stereocenters. The Balaban J connectivity index is 1.53. The predicted molar refractivity (Wildman–Crippen MR) is 125 cm³/mol. The molecule has 32 heavy (non-hydrogen) atoms. The minimum absolute atomic E-state index is 0.118. The SMILES string of the molecule is COc1cccc(OCCn2c(C(C)NC(=O)c3cccc(C)c3)nc3ccccc32)c1. The molecule has 0 spiro atoms. The summed E-state index contributed by atoms with van der Waals surface area (Å²) in [6, 6.07) is 22.8. The number of hydrogen-bond acceptors (Lipinski definition) is 4. The molecule has 6 nitrogen and oxygen atoms in total. The molecule has 0 radical (unpaired) electrons. The van der Waals surface area contributed by atoms with Gasteiger partial charge in [-0.15, -0.1) is 0 Å². The zero-order valence-electron chi connectivity index (χ0n) is 18.5. The van der Waals surface area contributed by atoms with Gasteiger partial charge in [0.2, 0.25) is 0 Å². The van der Waals surface area contributed by atoms with Crippen molar-refractivity contribution < 1.29 is 14.3 Å². The van der Waals surface area contributed by atoms with Crippen molar-refractivity contribution in [1.82, 2.24) is 14.9 Å². The summed E-state index contributed by atoms with van der Waals surface area (Å²) in [7, 11) is 1.63. The maximum absolute atomic E-state index is 12.8. The van der Waals surface area contributed by atoms with E-state index in [1.165, 1.54) is 0 Å². The molecule has 0 aliphatic carbocycles. The molecule has 6 heteroatoms. The van der Waals surface area contributed by atoms with Crippen molar-refractivity contribution in [1.29, 1.82) is 0 Å². The van der Waals surface area contributed by atoms with Gasteiger partial charge >= 0.3 is 0 Å². The molecule has 4 aromatic rings. The molecule has 1 N–H and O–H groups in total. The highest BCUT2D eigenvalue weighted by molar-refractivity contribution is 5.94. The maximum atomic E-state index is 12.8. The highest BCUT2D eigenvalue weighted by Gasteiger charge is 2.19. The fourth-order valence-corrected chi connectivity index (χ4v) is 3.74. The van der Waals surface area contributed by atoms with Crippen LogP contribution < -0.4 is 14.8 Å². The Labute approximate surface area is 187 Å². The van der Waals surface area contributed by atoms with Gasteiger partial charge < -0.3 is 19.4 Å². The van der Waals surface area contributed by atoms with E-state index in [2.05, 4.69) is 9.88 Å². The summed E-state index contributed by atoms with van der Waals surface area (Å²) in [5.41, 5.74) is 3.59. The highest BCUT2D eigenvalue weighted by atomic mass is 16.5. The number of methoxy groups -OCH3 is 1. The second-order valence-corrected chi connectivity index (χ2v) is 7.70. The van der Waals surface area contributed by atoms with Crippen LogP contribution in [0.15, 0.2) is 72.8 Å². The molecule has 0 aliphatic rings. The van der Waals surface area contributed by atoms with Gasteiger partial charge in [0.25, 0.3) is 5.91 Å². The van der Waals surface area contributed by atoms with E-state index in [0.29, 0.717) is 18.7 Å². The number of aryl methyl sites for hydroxylation is 1. The summed E-state index contributed by atoms with van der Waals surface area (Å²) < 4.78 is 13.3. The number of hydrogen-bond donors (Lipinski definition) is 1. The third-order valence-electron chi connectivity index (χ3n) is 5.32. The first-order chi connectivity index (χ1) is 15.5. The standard InChI is InChI=1S/C26H27N3O3/c1-18-8-6-9-20(16-18)26(30)27-19(2)25-28-23-12-4-5-13-24(23)29(25)14-15-32-22-11-7-10-21(17-22)31-3/h4-13,16-17,19H,14-15H2,1-3H3,(H,27,30). The normalized spacial score (nSPS) is 11.8. The van der Waals surface area contributed by atoms with Gasteiger partial charge in [-0.3, -0.25) is 4.79 Å². The van der Waals surface area contributed by atoms with Gasteiger partial charge in [0.15, 0.2) is 0 Å². The van der Waals surface area contributed by atoms with Crippen molar-refractivity contribution in [2.24, 2.45) is 0 Å². The first-order valence-corrected chi connectivity index (χ1v) is 10.6. The van der Waals surface area contributed by atoms with Gasteiger partial charge in [-0.2, -0.15) is 0 Å². The van der Waals surface area contributed by atoms with Gasteiger partial charge in [0.1, 0.15) is 23.9 Å². The van der Waals surface area contributed by atoms with Crippen LogP contribution in [0.25, 0.3) is 11.0 Å². The van der Waals surface area contributed by atoms with Crippen LogP contribution >= 0.6 is 0 Å². The fourth-order valence-electron chi connectivity index (χ4n) is 3.74. The quantitative estimate of drug-likeness (QED) is 0.432. The van der Waals surface area contributed by atoms with Crippen molar-refractivity contribution in [2.45, 2.75) is 26.4 Å². The molecule has 1 aromatic heterocycles. The minimum Gasteiger partial charge on any atom is -0.497 e. The number of nitrogens with zero attached hydrogens (tertiary/aromatic N) is 2. The van der Waals surface area contributed by atoms with E-state index >= 15 is 0 Å². The monoisotopic (exact) mass is 429 g/mol. The lowest BCUT2D eigenvalue weighted by Crippen LogP contribution is -2.29. The highest BCUT2D eigenvalue weighted by Crippen LogP contribution is 2.22. The molecule has 164 valence electrons. The fraction of sp³-hybridized carbons (Fsp3) is 0.231. The van der Waals surface area contributed by atoms with Crippen LogP contribution in [0, 0.1) is 6.92 Å². The number of ether oxygens (including phenoxy) is 2. The number of fused-ring (bicyclic) bond motifs is 1. The van der Waals surface area contributed by atoms with Crippen LogP contribution in [0.5, 0.6) is 11.5 Å². The molecule has 3 aromatic carbocycles. The molecule has 0 fully saturated rings. The molecule has 4 rings (SSSR count). The van der Waals surface area contributed by atoms with Crippen molar-refractivity contribution in [3.8, 4) is 11.5 Å². The zero-order chi connectivity index (χ0) is 22.5. The maximum Gasteiger partial charge on any atom is 0.251 e. The van der Waals surface area contributed by atoms with Crippen molar-refractivity contribution in [3.05, 3.63) is 89.7 Å². The lowest BCUT2D eigenvalue weighted by atomic mass is 10.1. The van der Waals surface area contributed by atoms with Crippen LogP contribution in [0.2, 0.25) is 0 Å². The summed E-state index contributed by atoms with van der Waals surface area (Å²) >= 11 is 0. The molecular weight excluding hydrogens is 402 g/mol. The number of carbonyl (C=O) groups excluding carboxylic acids is 1. The van der Waals surface area contributed by atoms with Gasteiger partial charge in [0.05, 0.1) is 30.7 Å². The summed E-state index contributed by atoms with van der Waals surface area (Å²) in [6.45, 7) is 4.98. The number of carbonyl (C=O) groups is 1. The molecule has 1 unspecified atom stereocenters. The lowest BCUT2D eigenvalue weighted by molar-refractivity contribution is 0.0937. The minimum atomic E-state index is -0.271. The zero-order valence-corrected chi connectivity index (χ0v) is 18.5. The smallest absolute Gasteiger partial charge is 0.251 e. The van der Waals surface area contributed by atoms with Crippen LogP contribution in [0.4, 0.5) is 0 Å². The molecule has 0 saturated heterocycles. The summed E-state index contributed by atoms with van der Waals surface area (Å²) in [6.07, 6.45) is 0. The van der Waals surface area contributed by atoms with Gasteiger partial charge in [-0.1, -0.05) is 35.9 Å². The Morgan fingerprint density at radius 2 is 1.81 bits per heavy atom.